The fraction of sp³-hybridized carbons (Fsp3) is 0.154. The minimum atomic E-state index is 0.271. The summed E-state index contributed by atoms with van der Waals surface area (Å²) in [6.45, 7) is 0.697. The van der Waals surface area contributed by atoms with Crippen LogP contribution in [0.3, 0.4) is 0 Å². The Morgan fingerprint density at radius 3 is 2.61 bits per heavy atom. The number of nitrogens with one attached hydrogen (secondary N) is 1. The zero-order valence-electron chi connectivity index (χ0n) is 9.73. The number of hydrogen-bond donors (Lipinski definition) is 3. The number of phenols is 1. The smallest absolute Gasteiger partial charge is 0.150 e. The maximum absolute atomic E-state index is 9.17. The van der Waals surface area contributed by atoms with E-state index in [1.165, 1.54) is 0 Å². The molecule has 0 radical (unpaired) electrons. The largest absolute Gasteiger partial charge is 0.508 e. The number of benzene rings is 1. The van der Waals surface area contributed by atoms with Gasteiger partial charge >= 0.3 is 0 Å². The van der Waals surface area contributed by atoms with Gasteiger partial charge in [-0.2, -0.15) is 0 Å². The van der Waals surface area contributed by atoms with Crippen molar-refractivity contribution in [2.45, 2.75) is 6.42 Å². The van der Waals surface area contributed by atoms with Gasteiger partial charge < -0.3 is 16.2 Å². The average Bonchev–Trinajstić information content (AvgIpc) is 2.36. The molecule has 4 N–H and O–H groups in total. The number of aromatic hydroxyl groups is 1. The Balaban J connectivity index is 1.92. The molecule has 0 spiro atoms. The van der Waals surface area contributed by atoms with Crippen LogP contribution in [0.15, 0.2) is 36.4 Å². The first kappa shape index (κ1) is 12.5. The molecule has 0 aliphatic carbocycles. The van der Waals surface area contributed by atoms with E-state index in [9.17, 15) is 5.11 Å². The predicted molar refractivity (Wildman–Crippen MR) is 74.0 cm³/mol. The van der Waals surface area contributed by atoms with Crippen LogP contribution in [0.4, 0.5) is 11.5 Å². The molecule has 5 heteroatoms. The van der Waals surface area contributed by atoms with Crippen LogP contribution in [0.1, 0.15) is 5.56 Å². The van der Waals surface area contributed by atoms with Crippen molar-refractivity contribution in [3.8, 4) is 5.75 Å². The summed E-state index contributed by atoms with van der Waals surface area (Å²) in [6, 6.07) is 10.5. The summed E-state index contributed by atoms with van der Waals surface area (Å²) in [4.78, 5) is 4.11. The number of hydrogen-bond acceptors (Lipinski definition) is 4. The predicted octanol–water partition coefficient (Wildman–Crippen LogP) is 2.68. The lowest BCUT2D eigenvalue weighted by molar-refractivity contribution is 0.475. The number of anilines is 2. The first-order valence-corrected chi connectivity index (χ1v) is 5.97. The van der Waals surface area contributed by atoms with Gasteiger partial charge in [0.25, 0.3) is 0 Å². The summed E-state index contributed by atoms with van der Waals surface area (Å²) in [7, 11) is 0. The van der Waals surface area contributed by atoms with E-state index in [1.807, 2.05) is 12.1 Å². The molecule has 4 nitrogen and oxygen atoms in total. The number of nitrogen functional groups attached to an aromatic ring is 1. The van der Waals surface area contributed by atoms with Gasteiger partial charge in [-0.1, -0.05) is 23.7 Å². The second-order valence-electron chi connectivity index (χ2n) is 3.92. The van der Waals surface area contributed by atoms with Crippen molar-refractivity contribution in [3.63, 3.8) is 0 Å². The summed E-state index contributed by atoms with van der Waals surface area (Å²) in [6.07, 6.45) is 0.813. The summed E-state index contributed by atoms with van der Waals surface area (Å²) < 4.78 is 0. The van der Waals surface area contributed by atoms with Gasteiger partial charge in [-0.25, -0.2) is 4.98 Å². The van der Waals surface area contributed by atoms with Crippen molar-refractivity contribution in [2.75, 3.05) is 17.6 Å². The van der Waals surface area contributed by atoms with Crippen molar-refractivity contribution >= 4 is 23.1 Å². The topological polar surface area (TPSA) is 71.2 Å². The van der Waals surface area contributed by atoms with E-state index >= 15 is 0 Å². The van der Waals surface area contributed by atoms with E-state index in [2.05, 4.69) is 10.3 Å². The second kappa shape index (κ2) is 5.60. The van der Waals surface area contributed by atoms with Gasteiger partial charge in [0.2, 0.25) is 0 Å². The van der Waals surface area contributed by atoms with Crippen LogP contribution in [0.2, 0.25) is 5.15 Å². The molecule has 18 heavy (non-hydrogen) atoms. The standard InChI is InChI=1S/C13H14ClN3O/c14-12-6-5-11(15)13(17-12)16-8-7-9-1-3-10(18)4-2-9/h1-6,18H,7-8,15H2,(H,16,17). The molecule has 94 valence electrons. The number of rotatable bonds is 4. The van der Waals surface area contributed by atoms with Crippen molar-refractivity contribution in [3.05, 3.63) is 47.1 Å². The quantitative estimate of drug-likeness (QED) is 0.742. The summed E-state index contributed by atoms with van der Waals surface area (Å²) in [5, 5.41) is 12.7. The van der Waals surface area contributed by atoms with E-state index in [-0.39, 0.29) is 5.75 Å². The number of nitrogens with two attached hydrogens (primary N) is 1. The molecule has 1 aromatic carbocycles. The normalized spacial score (nSPS) is 10.3. The molecule has 1 heterocycles. The molecule has 2 rings (SSSR count). The molecule has 0 saturated heterocycles. The number of phenolic OH excluding ortho intramolecular Hbond substituents is 1. The van der Waals surface area contributed by atoms with Crippen LogP contribution < -0.4 is 11.1 Å². The third kappa shape index (κ3) is 3.28. The van der Waals surface area contributed by atoms with Gasteiger partial charge in [-0.05, 0) is 36.2 Å². The van der Waals surface area contributed by atoms with E-state index in [0.29, 0.717) is 23.2 Å². The lowest BCUT2D eigenvalue weighted by Crippen LogP contribution is -2.08. The fourth-order valence-corrected chi connectivity index (χ4v) is 1.72. The zero-order chi connectivity index (χ0) is 13.0. The van der Waals surface area contributed by atoms with Crippen LogP contribution in [0, 0.1) is 0 Å². The van der Waals surface area contributed by atoms with Gasteiger partial charge in [0.05, 0.1) is 5.69 Å². The molecule has 0 amide bonds. The average molecular weight is 264 g/mol. The molecular formula is C13H14ClN3O. The van der Waals surface area contributed by atoms with E-state index in [4.69, 9.17) is 17.3 Å². The van der Waals surface area contributed by atoms with E-state index in [0.717, 1.165) is 12.0 Å². The lowest BCUT2D eigenvalue weighted by atomic mass is 10.1. The number of nitrogens with zero attached hydrogens (tertiary/aromatic N) is 1. The van der Waals surface area contributed by atoms with Crippen molar-refractivity contribution in [2.24, 2.45) is 0 Å². The maximum atomic E-state index is 9.17. The van der Waals surface area contributed by atoms with Gasteiger partial charge in [0.1, 0.15) is 10.9 Å². The minimum Gasteiger partial charge on any atom is -0.508 e. The summed E-state index contributed by atoms with van der Waals surface area (Å²) in [5.41, 5.74) is 7.47. The molecule has 0 saturated carbocycles. The number of aromatic nitrogens is 1. The minimum absolute atomic E-state index is 0.271. The molecule has 0 aliphatic rings. The van der Waals surface area contributed by atoms with Crippen molar-refractivity contribution in [1.29, 1.82) is 0 Å². The second-order valence-corrected chi connectivity index (χ2v) is 4.30. The highest BCUT2D eigenvalue weighted by Gasteiger charge is 2.01. The summed E-state index contributed by atoms with van der Waals surface area (Å²) in [5.74, 6) is 0.869. The van der Waals surface area contributed by atoms with Crippen LogP contribution in [-0.2, 0) is 6.42 Å². The molecule has 0 atom stereocenters. The number of pyridine rings is 1. The van der Waals surface area contributed by atoms with Crippen LogP contribution in [-0.4, -0.2) is 16.6 Å². The number of halogens is 1. The van der Waals surface area contributed by atoms with Crippen LogP contribution in [0.5, 0.6) is 5.75 Å². The Labute approximate surface area is 110 Å². The summed E-state index contributed by atoms with van der Waals surface area (Å²) >= 11 is 5.80. The Kier molecular flexibility index (Phi) is 3.89. The van der Waals surface area contributed by atoms with E-state index < -0.39 is 0 Å². The van der Waals surface area contributed by atoms with Gasteiger partial charge in [-0.3, -0.25) is 0 Å². The highest BCUT2D eigenvalue weighted by atomic mass is 35.5. The maximum Gasteiger partial charge on any atom is 0.150 e. The molecule has 0 unspecified atom stereocenters. The monoisotopic (exact) mass is 263 g/mol. The first-order valence-electron chi connectivity index (χ1n) is 5.59. The Morgan fingerprint density at radius 1 is 1.17 bits per heavy atom. The van der Waals surface area contributed by atoms with Crippen LogP contribution >= 0.6 is 11.6 Å². The lowest BCUT2D eigenvalue weighted by Gasteiger charge is -2.08. The molecule has 0 aliphatic heterocycles. The Morgan fingerprint density at radius 2 is 1.89 bits per heavy atom. The molecule has 1 aromatic heterocycles. The van der Waals surface area contributed by atoms with Crippen molar-refractivity contribution in [1.82, 2.24) is 4.98 Å². The molecule has 0 bridgehead atoms. The van der Waals surface area contributed by atoms with Crippen molar-refractivity contribution < 1.29 is 5.11 Å². The Hall–Kier alpha value is -1.94. The molecular weight excluding hydrogens is 250 g/mol. The first-order chi connectivity index (χ1) is 8.65. The van der Waals surface area contributed by atoms with E-state index in [1.54, 1.807) is 24.3 Å². The fourth-order valence-electron chi connectivity index (χ4n) is 1.58. The third-order valence-corrected chi connectivity index (χ3v) is 2.75. The molecule has 2 aromatic rings. The Bertz CT molecular complexity index is 528. The van der Waals surface area contributed by atoms with Gasteiger partial charge in [0, 0.05) is 6.54 Å². The highest BCUT2D eigenvalue weighted by molar-refractivity contribution is 6.29. The SMILES string of the molecule is Nc1ccc(Cl)nc1NCCc1ccc(O)cc1. The highest BCUT2D eigenvalue weighted by Crippen LogP contribution is 2.18. The third-order valence-electron chi connectivity index (χ3n) is 2.53. The van der Waals surface area contributed by atoms with Gasteiger partial charge in [0.15, 0.2) is 5.82 Å². The molecule has 0 fully saturated rings. The zero-order valence-corrected chi connectivity index (χ0v) is 10.5. The van der Waals surface area contributed by atoms with Gasteiger partial charge in [-0.15, -0.1) is 0 Å². The van der Waals surface area contributed by atoms with Crippen LogP contribution in [0.25, 0.3) is 0 Å².